The molecule has 0 saturated carbocycles. The molecular weight excluding hydrogens is 268 g/mol. The molecule has 0 spiro atoms. The van der Waals surface area contributed by atoms with Crippen molar-refractivity contribution in [3.8, 4) is 0 Å². The zero-order valence-corrected chi connectivity index (χ0v) is 13.0. The summed E-state index contributed by atoms with van der Waals surface area (Å²) in [4.78, 5) is 13.9. The summed E-state index contributed by atoms with van der Waals surface area (Å²) in [6, 6.07) is 3.52. The highest BCUT2D eigenvalue weighted by atomic mass is 16.3. The maximum Gasteiger partial charge on any atom is 0.323 e. The van der Waals surface area contributed by atoms with Gasteiger partial charge in [0.15, 0.2) is 5.82 Å². The van der Waals surface area contributed by atoms with Gasteiger partial charge in [0.2, 0.25) is 0 Å². The van der Waals surface area contributed by atoms with Crippen molar-refractivity contribution in [1.29, 1.82) is 0 Å². The van der Waals surface area contributed by atoms with Crippen molar-refractivity contribution in [3.63, 3.8) is 0 Å². The number of carbonyl (C=O) groups is 1. The van der Waals surface area contributed by atoms with Gasteiger partial charge in [-0.1, -0.05) is 20.8 Å². The summed E-state index contributed by atoms with van der Waals surface area (Å²) >= 11 is 0. The maximum absolute atomic E-state index is 12.1. The Morgan fingerprint density at radius 1 is 1.33 bits per heavy atom. The number of anilines is 1. The summed E-state index contributed by atoms with van der Waals surface area (Å²) in [6.07, 6.45) is 1.69. The van der Waals surface area contributed by atoms with E-state index in [1.54, 1.807) is 11.0 Å². The second-order valence-corrected chi connectivity index (χ2v) is 6.60. The molecule has 6 heteroatoms. The van der Waals surface area contributed by atoms with Gasteiger partial charge in [0, 0.05) is 25.1 Å². The molecule has 1 aliphatic heterocycles. The van der Waals surface area contributed by atoms with E-state index in [2.05, 4.69) is 36.3 Å². The van der Waals surface area contributed by atoms with E-state index in [0.29, 0.717) is 24.8 Å². The number of aliphatic hydroxyl groups is 1. The molecule has 0 aromatic carbocycles. The van der Waals surface area contributed by atoms with E-state index in [0.717, 1.165) is 18.5 Å². The fourth-order valence-electron chi connectivity index (χ4n) is 2.31. The van der Waals surface area contributed by atoms with E-state index in [1.807, 2.05) is 6.07 Å². The summed E-state index contributed by atoms with van der Waals surface area (Å²) in [6.45, 7) is 7.76. The maximum atomic E-state index is 12.1. The third-order valence-electron chi connectivity index (χ3n) is 3.83. The Balaban J connectivity index is 1.91. The number of aromatic nitrogens is 2. The van der Waals surface area contributed by atoms with E-state index >= 15 is 0 Å². The number of aliphatic hydroxyl groups excluding tert-OH is 1. The minimum absolute atomic E-state index is 0.0539. The predicted molar refractivity (Wildman–Crippen MR) is 81.1 cm³/mol. The first kappa shape index (κ1) is 15.7. The molecule has 1 fully saturated rings. The SMILES string of the molecule is CC(C)(C)c1ccc(NC(=O)N2CCC(CO)CC2)nn1. The lowest BCUT2D eigenvalue weighted by Gasteiger charge is -2.30. The van der Waals surface area contributed by atoms with Gasteiger partial charge in [-0.2, -0.15) is 5.10 Å². The highest BCUT2D eigenvalue weighted by molar-refractivity contribution is 5.88. The monoisotopic (exact) mass is 292 g/mol. The molecule has 1 saturated heterocycles. The summed E-state index contributed by atoms with van der Waals surface area (Å²) in [7, 11) is 0. The number of amides is 2. The Morgan fingerprint density at radius 3 is 2.48 bits per heavy atom. The van der Waals surface area contributed by atoms with Crippen molar-refractivity contribution in [3.05, 3.63) is 17.8 Å². The molecule has 0 bridgehead atoms. The van der Waals surface area contributed by atoms with Crippen LogP contribution in [0.25, 0.3) is 0 Å². The zero-order chi connectivity index (χ0) is 15.5. The second-order valence-electron chi connectivity index (χ2n) is 6.60. The lowest BCUT2D eigenvalue weighted by atomic mass is 9.92. The van der Waals surface area contributed by atoms with Crippen LogP contribution in [-0.4, -0.2) is 45.9 Å². The minimum atomic E-state index is -0.149. The summed E-state index contributed by atoms with van der Waals surface area (Å²) in [5.74, 6) is 0.789. The summed E-state index contributed by atoms with van der Waals surface area (Å²) < 4.78 is 0. The van der Waals surface area contributed by atoms with Gasteiger partial charge >= 0.3 is 6.03 Å². The predicted octanol–water partition coefficient (Wildman–Crippen LogP) is 2.01. The number of carbonyl (C=O) groups excluding carboxylic acids is 1. The number of nitrogens with zero attached hydrogens (tertiary/aromatic N) is 3. The molecule has 21 heavy (non-hydrogen) atoms. The molecule has 0 radical (unpaired) electrons. The van der Waals surface area contributed by atoms with Crippen molar-refractivity contribution in [2.75, 3.05) is 25.0 Å². The minimum Gasteiger partial charge on any atom is -0.396 e. The average molecular weight is 292 g/mol. The van der Waals surface area contributed by atoms with E-state index < -0.39 is 0 Å². The molecule has 6 nitrogen and oxygen atoms in total. The number of piperidine rings is 1. The number of hydrogen-bond donors (Lipinski definition) is 2. The van der Waals surface area contributed by atoms with Crippen molar-refractivity contribution in [2.24, 2.45) is 5.92 Å². The van der Waals surface area contributed by atoms with Crippen LogP contribution in [-0.2, 0) is 5.41 Å². The lowest BCUT2D eigenvalue weighted by Crippen LogP contribution is -2.41. The quantitative estimate of drug-likeness (QED) is 0.874. The van der Waals surface area contributed by atoms with E-state index in [1.165, 1.54) is 0 Å². The van der Waals surface area contributed by atoms with Crippen LogP contribution in [0.5, 0.6) is 0 Å². The fourth-order valence-corrected chi connectivity index (χ4v) is 2.31. The Bertz CT molecular complexity index is 473. The first-order valence-corrected chi connectivity index (χ1v) is 7.41. The van der Waals surface area contributed by atoms with Gasteiger partial charge in [0.25, 0.3) is 0 Å². The van der Waals surface area contributed by atoms with Crippen LogP contribution in [0.1, 0.15) is 39.3 Å². The number of rotatable bonds is 2. The van der Waals surface area contributed by atoms with Gasteiger partial charge in [-0.3, -0.25) is 5.32 Å². The smallest absolute Gasteiger partial charge is 0.323 e. The summed E-state index contributed by atoms with van der Waals surface area (Å²) in [5, 5.41) is 20.1. The van der Waals surface area contributed by atoms with Crippen LogP contribution in [0.15, 0.2) is 12.1 Å². The van der Waals surface area contributed by atoms with Crippen LogP contribution >= 0.6 is 0 Å². The van der Waals surface area contributed by atoms with E-state index in [-0.39, 0.29) is 18.1 Å². The average Bonchev–Trinajstić information content (AvgIpc) is 2.47. The molecule has 2 rings (SSSR count). The number of urea groups is 1. The first-order valence-electron chi connectivity index (χ1n) is 7.41. The second kappa shape index (κ2) is 6.39. The lowest BCUT2D eigenvalue weighted by molar-refractivity contribution is 0.143. The molecule has 1 aliphatic rings. The van der Waals surface area contributed by atoms with Crippen LogP contribution in [0.3, 0.4) is 0 Å². The van der Waals surface area contributed by atoms with Crippen LogP contribution < -0.4 is 5.32 Å². The van der Waals surface area contributed by atoms with Crippen molar-refractivity contribution in [1.82, 2.24) is 15.1 Å². The van der Waals surface area contributed by atoms with Crippen molar-refractivity contribution in [2.45, 2.75) is 39.0 Å². The molecule has 1 aromatic heterocycles. The zero-order valence-electron chi connectivity index (χ0n) is 13.0. The standard InChI is InChI=1S/C15H24N4O2/c1-15(2,3)12-4-5-13(18-17-12)16-14(21)19-8-6-11(10-20)7-9-19/h4-5,11,20H,6-10H2,1-3H3,(H,16,18,21). The molecule has 0 atom stereocenters. The first-order chi connectivity index (χ1) is 9.90. The summed E-state index contributed by atoms with van der Waals surface area (Å²) in [5.41, 5.74) is 0.839. The van der Waals surface area contributed by atoms with E-state index in [9.17, 15) is 4.79 Å². The topological polar surface area (TPSA) is 78.4 Å². The molecule has 0 unspecified atom stereocenters. The van der Waals surface area contributed by atoms with Gasteiger partial charge in [-0.05, 0) is 30.9 Å². The van der Waals surface area contributed by atoms with Crippen LogP contribution in [0.4, 0.5) is 10.6 Å². The largest absolute Gasteiger partial charge is 0.396 e. The van der Waals surface area contributed by atoms with E-state index in [4.69, 9.17) is 5.11 Å². The molecular formula is C15H24N4O2. The Kier molecular flexibility index (Phi) is 4.77. The molecule has 0 aliphatic carbocycles. The molecule has 1 aromatic rings. The van der Waals surface area contributed by atoms with Gasteiger partial charge in [0.1, 0.15) is 0 Å². The Morgan fingerprint density at radius 2 is 2.00 bits per heavy atom. The van der Waals surface area contributed by atoms with Crippen molar-refractivity contribution >= 4 is 11.8 Å². The molecule has 2 N–H and O–H groups in total. The van der Waals surface area contributed by atoms with Crippen molar-refractivity contribution < 1.29 is 9.90 Å². The van der Waals surface area contributed by atoms with Crippen LogP contribution in [0, 0.1) is 5.92 Å². The fraction of sp³-hybridized carbons (Fsp3) is 0.667. The third-order valence-corrected chi connectivity index (χ3v) is 3.83. The highest BCUT2D eigenvalue weighted by Crippen LogP contribution is 2.20. The van der Waals surface area contributed by atoms with Gasteiger partial charge < -0.3 is 10.0 Å². The number of nitrogens with one attached hydrogen (secondary N) is 1. The molecule has 116 valence electrons. The highest BCUT2D eigenvalue weighted by Gasteiger charge is 2.23. The van der Waals surface area contributed by atoms with Gasteiger partial charge in [-0.25, -0.2) is 4.79 Å². The third kappa shape index (κ3) is 4.14. The number of likely N-dealkylation sites (tertiary alicyclic amines) is 1. The molecule has 2 heterocycles. The molecule has 2 amide bonds. The number of hydrogen-bond acceptors (Lipinski definition) is 4. The van der Waals surface area contributed by atoms with Crippen LogP contribution in [0.2, 0.25) is 0 Å². The Hall–Kier alpha value is -1.69. The van der Waals surface area contributed by atoms with Gasteiger partial charge in [0.05, 0.1) is 5.69 Å². The normalized spacial score (nSPS) is 16.9. The Labute approximate surface area is 125 Å². The van der Waals surface area contributed by atoms with Gasteiger partial charge in [-0.15, -0.1) is 5.10 Å².